The van der Waals surface area contributed by atoms with Gasteiger partial charge in [-0.05, 0) is 17.7 Å². The minimum Gasteiger partial charge on any atom is -0.376 e. The van der Waals surface area contributed by atoms with E-state index >= 15 is 0 Å². The van der Waals surface area contributed by atoms with Crippen molar-refractivity contribution in [2.24, 2.45) is 0 Å². The van der Waals surface area contributed by atoms with Gasteiger partial charge in [-0.25, -0.2) is 8.78 Å². The van der Waals surface area contributed by atoms with Crippen LogP contribution in [0.5, 0.6) is 0 Å². The fourth-order valence-corrected chi connectivity index (χ4v) is 1.84. The first-order valence-corrected chi connectivity index (χ1v) is 6.04. The third kappa shape index (κ3) is 4.57. The molecule has 0 bridgehead atoms. The first kappa shape index (κ1) is 13.9. The van der Waals surface area contributed by atoms with Gasteiger partial charge in [-0.2, -0.15) is 0 Å². The molecule has 104 valence electrons. The van der Waals surface area contributed by atoms with E-state index in [0.717, 1.165) is 18.2 Å². The fourth-order valence-electron chi connectivity index (χ4n) is 1.84. The van der Waals surface area contributed by atoms with Crippen LogP contribution in [-0.4, -0.2) is 38.4 Å². The van der Waals surface area contributed by atoms with Crippen LogP contribution in [0, 0.1) is 11.6 Å². The van der Waals surface area contributed by atoms with Crippen molar-refractivity contribution < 1.29 is 23.0 Å². The molecule has 0 aromatic heterocycles. The summed E-state index contributed by atoms with van der Waals surface area (Å²) in [5, 5.41) is 2.65. The lowest BCUT2D eigenvalue weighted by Crippen LogP contribution is -2.40. The summed E-state index contributed by atoms with van der Waals surface area (Å²) in [5.74, 6) is -1.68. The van der Waals surface area contributed by atoms with Crippen LogP contribution in [0.25, 0.3) is 0 Å². The molecule has 4 nitrogen and oxygen atoms in total. The summed E-state index contributed by atoms with van der Waals surface area (Å²) in [7, 11) is 0. The summed E-state index contributed by atoms with van der Waals surface area (Å²) in [6, 6.07) is 3.06. The van der Waals surface area contributed by atoms with Crippen molar-refractivity contribution in [1.82, 2.24) is 5.32 Å². The molecule has 0 aliphatic carbocycles. The van der Waals surface area contributed by atoms with Crippen molar-refractivity contribution >= 4 is 5.91 Å². The van der Waals surface area contributed by atoms with Gasteiger partial charge < -0.3 is 14.8 Å². The molecule has 0 radical (unpaired) electrons. The number of rotatable bonds is 4. The Kier molecular flexibility index (Phi) is 4.81. The number of amides is 1. The Balaban J connectivity index is 1.80. The second kappa shape index (κ2) is 6.58. The van der Waals surface area contributed by atoms with E-state index in [2.05, 4.69) is 5.32 Å². The number of ether oxygens (including phenoxy) is 2. The molecule has 2 rings (SSSR count). The number of hydrogen-bond donors (Lipinski definition) is 1. The molecule has 1 fully saturated rings. The third-order valence-electron chi connectivity index (χ3n) is 2.70. The SMILES string of the molecule is O=C(Cc1cc(F)cc(F)c1)NC[C@@H]1COCCO1. The third-order valence-corrected chi connectivity index (χ3v) is 2.70. The topological polar surface area (TPSA) is 47.6 Å². The zero-order valence-corrected chi connectivity index (χ0v) is 10.3. The van der Waals surface area contributed by atoms with E-state index in [1.807, 2.05) is 0 Å². The van der Waals surface area contributed by atoms with Crippen molar-refractivity contribution in [3.05, 3.63) is 35.4 Å². The van der Waals surface area contributed by atoms with E-state index in [1.54, 1.807) is 0 Å². The highest BCUT2D eigenvalue weighted by atomic mass is 19.1. The molecule has 19 heavy (non-hydrogen) atoms. The molecular formula is C13H15F2NO3. The highest BCUT2D eigenvalue weighted by Gasteiger charge is 2.15. The van der Waals surface area contributed by atoms with Gasteiger partial charge in [0.2, 0.25) is 5.91 Å². The molecule has 0 spiro atoms. The minimum atomic E-state index is -0.688. The summed E-state index contributed by atoms with van der Waals surface area (Å²) in [5.41, 5.74) is 0.302. The monoisotopic (exact) mass is 271 g/mol. The van der Waals surface area contributed by atoms with Crippen LogP contribution in [0.4, 0.5) is 8.78 Å². The summed E-state index contributed by atoms with van der Waals surface area (Å²) >= 11 is 0. The van der Waals surface area contributed by atoms with E-state index in [0.29, 0.717) is 31.9 Å². The molecule has 1 saturated heterocycles. The number of nitrogens with one attached hydrogen (secondary N) is 1. The predicted octanol–water partition coefficient (Wildman–Crippen LogP) is 1.04. The van der Waals surface area contributed by atoms with Crippen molar-refractivity contribution in [2.75, 3.05) is 26.4 Å². The second-order valence-corrected chi connectivity index (χ2v) is 4.33. The molecule has 1 aliphatic rings. The lowest BCUT2D eigenvalue weighted by Gasteiger charge is -2.23. The van der Waals surface area contributed by atoms with E-state index in [-0.39, 0.29) is 18.4 Å². The average molecular weight is 271 g/mol. The van der Waals surface area contributed by atoms with Crippen LogP contribution < -0.4 is 5.32 Å². The molecule has 1 heterocycles. The molecule has 6 heteroatoms. The van der Waals surface area contributed by atoms with Gasteiger partial charge in [-0.15, -0.1) is 0 Å². The largest absolute Gasteiger partial charge is 0.376 e. The highest BCUT2D eigenvalue weighted by molar-refractivity contribution is 5.78. The molecule has 1 atom stereocenters. The normalized spacial score (nSPS) is 19.2. The standard InChI is InChI=1S/C13H15F2NO3/c14-10-3-9(4-11(15)6-10)5-13(17)16-7-12-8-18-1-2-19-12/h3-4,6,12H,1-2,5,7-8H2,(H,16,17)/t12-/m1/s1. The van der Waals surface area contributed by atoms with Crippen molar-refractivity contribution in [3.8, 4) is 0 Å². The summed E-state index contributed by atoms with van der Waals surface area (Å²) in [6.07, 6.45) is -0.232. The van der Waals surface area contributed by atoms with Gasteiger partial charge in [0.15, 0.2) is 0 Å². The number of hydrogen-bond acceptors (Lipinski definition) is 3. The quantitative estimate of drug-likeness (QED) is 0.890. The van der Waals surface area contributed by atoms with Gasteiger partial charge in [-0.3, -0.25) is 4.79 Å². The molecule has 0 saturated carbocycles. The van der Waals surface area contributed by atoms with Gasteiger partial charge in [0.1, 0.15) is 11.6 Å². The van der Waals surface area contributed by atoms with Gasteiger partial charge in [0, 0.05) is 12.6 Å². The lowest BCUT2D eigenvalue weighted by atomic mass is 10.1. The van der Waals surface area contributed by atoms with E-state index in [4.69, 9.17) is 9.47 Å². The predicted molar refractivity (Wildman–Crippen MR) is 63.6 cm³/mol. The Labute approximate surface area is 109 Å². The molecule has 1 aromatic carbocycles. The zero-order chi connectivity index (χ0) is 13.7. The average Bonchev–Trinajstić information content (AvgIpc) is 2.36. The maximum atomic E-state index is 12.9. The van der Waals surface area contributed by atoms with E-state index < -0.39 is 11.6 Å². The van der Waals surface area contributed by atoms with Gasteiger partial charge >= 0.3 is 0 Å². The van der Waals surface area contributed by atoms with Crippen LogP contribution in [0.15, 0.2) is 18.2 Å². The summed E-state index contributed by atoms with van der Waals surface area (Å²) in [6.45, 7) is 1.84. The highest BCUT2D eigenvalue weighted by Crippen LogP contribution is 2.08. The Hall–Kier alpha value is -1.53. The lowest BCUT2D eigenvalue weighted by molar-refractivity contribution is -0.123. The second-order valence-electron chi connectivity index (χ2n) is 4.33. The molecule has 1 N–H and O–H groups in total. The zero-order valence-electron chi connectivity index (χ0n) is 10.3. The molecular weight excluding hydrogens is 256 g/mol. The number of benzene rings is 1. The molecule has 1 aromatic rings. The van der Waals surface area contributed by atoms with Crippen LogP contribution in [-0.2, 0) is 20.7 Å². The Morgan fingerprint density at radius 2 is 2.00 bits per heavy atom. The Bertz CT molecular complexity index is 427. The molecule has 0 unspecified atom stereocenters. The summed E-state index contributed by atoms with van der Waals surface area (Å²) in [4.78, 5) is 11.6. The van der Waals surface area contributed by atoms with Crippen LogP contribution in [0.2, 0.25) is 0 Å². The van der Waals surface area contributed by atoms with Crippen LogP contribution in [0.3, 0.4) is 0 Å². The van der Waals surface area contributed by atoms with Crippen LogP contribution in [0.1, 0.15) is 5.56 Å². The van der Waals surface area contributed by atoms with Gasteiger partial charge in [-0.1, -0.05) is 0 Å². The summed E-state index contributed by atoms with van der Waals surface area (Å²) < 4.78 is 36.4. The number of carbonyl (C=O) groups is 1. The smallest absolute Gasteiger partial charge is 0.224 e. The first-order valence-electron chi connectivity index (χ1n) is 6.04. The fraction of sp³-hybridized carbons (Fsp3) is 0.462. The maximum absolute atomic E-state index is 12.9. The van der Waals surface area contributed by atoms with Crippen molar-refractivity contribution in [3.63, 3.8) is 0 Å². The van der Waals surface area contributed by atoms with Crippen LogP contribution >= 0.6 is 0 Å². The van der Waals surface area contributed by atoms with Crippen molar-refractivity contribution in [1.29, 1.82) is 0 Å². The molecule has 1 amide bonds. The number of carbonyl (C=O) groups excluding carboxylic acids is 1. The Morgan fingerprint density at radius 3 is 2.63 bits per heavy atom. The molecule has 1 aliphatic heterocycles. The first-order chi connectivity index (χ1) is 9.13. The van der Waals surface area contributed by atoms with Gasteiger partial charge in [0.25, 0.3) is 0 Å². The van der Waals surface area contributed by atoms with Gasteiger partial charge in [0.05, 0.1) is 32.3 Å². The maximum Gasteiger partial charge on any atom is 0.224 e. The van der Waals surface area contributed by atoms with E-state index in [9.17, 15) is 13.6 Å². The van der Waals surface area contributed by atoms with E-state index in [1.165, 1.54) is 0 Å². The van der Waals surface area contributed by atoms with Crippen molar-refractivity contribution in [2.45, 2.75) is 12.5 Å². The minimum absolute atomic E-state index is 0.0672. The number of halogens is 2. The Morgan fingerprint density at radius 1 is 1.26 bits per heavy atom.